The van der Waals surface area contributed by atoms with Crippen molar-refractivity contribution in [2.75, 3.05) is 12.3 Å². The van der Waals surface area contributed by atoms with Gasteiger partial charge in [-0.1, -0.05) is 10.8 Å². The van der Waals surface area contributed by atoms with E-state index >= 15 is 0 Å². The van der Waals surface area contributed by atoms with Crippen molar-refractivity contribution in [3.8, 4) is 0 Å². The summed E-state index contributed by atoms with van der Waals surface area (Å²) in [5.41, 5.74) is 0. The molecule has 0 spiro atoms. The van der Waals surface area contributed by atoms with Gasteiger partial charge in [0.2, 0.25) is 0 Å². The van der Waals surface area contributed by atoms with Gasteiger partial charge in [-0.15, -0.1) is 11.7 Å². The van der Waals surface area contributed by atoms with E-state index in [9.17, 15) is 0 Å². The van der Waals surface area contributed by atoms with Gasteiger partial charge in [-0.25, -0.2) is 0 Å². The second-order valence-electron chi connectivity index (χ2n) is 0.998. The summed E-state index contributed by atoms with van der Waals surface area (Å²) in [5, 5.41) is 0. The van der Waals surface area contributed by atoms with Crippen LogP contribution in [0.3, 0.4) is 0 Å². The summed E-state index contributed by atoms with van der Waals surface area (Å²) in [6.45, 7) is 2.81. The highest BCUT2D eigenvalue weighted by atomic mass is 33.1. The molecule has 0 N–H and O–H groups in total. The molecule has 0 aromatic carbocycles. The molecule has 0 aromatic heterocycles. The van der Waals surface area contributed by atoms with Gasteiger partial charge in [0, 0.05) is 12.3 Å². The number of nitrogens with zero attached hydrogens (tertiary/aromatic N) is 1. The molecule has 0 aromatic rings. The number of hydrogen-bond donors (Lipinski definition) is 1. The minimum absolute atomic E-state index is 0.894. The number of hydrogen-bond acceptors (Lipinski definition) is 3. The molecular weight excluding hydrogens is 126 g/mol. The van der Waals surface area contributed by atoms with Crippen LogP contribution in [0, 0.1) is 0 Å². The molecule has 0 atom stereocenters. The van der Waals surface area contributed by atoms with E-state index in [1.807, 2.05) is 13.1 Å². The summed E-state index contributed by atoms with van der Waals surface area (Å²) in [4.78, 5) is 3.97. The SMILES string of the molecule is C/C=N/CCSS. The molecule has 0 amide bonds. The zero-order valence-corrected chi connectivity index (χ0v) is 6.01. The Kier molecular flexibility index (Phi) is 6.71. The molecular formula is C4H9NS2. The molecule has 0 aliphatic rings. The molecule has 0 unspecified atom stereocenters. The minimum Gasteiger partial charge on any atom is -0.297 e. The Morgan fingerprint density at radius 2 is 2.57 bits per heavy atom. The smallest absolute Gasteiger partial charge is 0.0484 e. The third-order valence-electron chi connectivity index (χ3n) is 0.494. The zero-order chi connectivity index (χ0) is 5.54. The van der Waals surface area contributed by atoms with Crippen LogP contribution in [0.25, 0.3) is 0 Å². The normalized spacial score (nSPS) is 10.6. The summed E-state index contributed by atoms with van der Waals surface area (Å²) in [7, 11) is 1.52. The molecule has 0 saturated heterocycles. The third-order valence-corrected chi connectivity index (χ3v) is 1.41. The Morgan fingerprint density at radius 3 is 3.00 bits per heavy atom. The van der Waals surface area contributed by atoms with Crippen LogP contribution >= 0.6 is 22.5 Å². The molecule has 0 bridgehead atoms. The predicted molar refractivity (Wildman–Crippen MR) is 40.5 cm³/mol. The van der Waals surface area contributed by atoms with E-state index in [2.05, 4.69) is 16.7 Å². The van der Waals surface area contributed by atoms with Crippen molar-refractivity contribution in [2.24, 2.45) is 4.99 Å². The second-order valence-corrected chi connectivity index (χ2v) is 2.44. The Hall–Kier alpha value is 0.370. The van der Waals surface area contributed by atoms with E-state index in [0.29, 0.717) is 0 Å². The maximum atomic E-state index is 3.97. The molecule has 0 aliphatic carbocycles. The van der Waals surface area contributed by atoms with Crippen molar-refractivity contribution in [3.05, 3.63) is 0 Å². The van der Waals surface area contributed by atoms with E-state index in [1.165, 1.54) is 10.8 Å². The van der Waals surface area contributed by atoms with E-state index in [-0.39, 0.29) is 0 Å². The van der Waals surface area contributed by atoms with Crippen LogP contribution < -0.4 is 0 Å². The first-order chi connectivity index (χ1) is 3.41. The average molecular weight is 135 g/mol. The molecule has 0 rings (SSSR count). The fourth-order valence-electron chi connectivity index (χ4n) is 0.223. The summed E-state index contributed by atoms with van der Waals surface area (Å²) in [6, 6.07) is 0. The Labute approximate surface area is 53.4 Å². The minimum atomic E-state index is 0.894. The molecule has 0 saturated carbocycles. The monoisotopic (exact) mass is 135 g/mol. The van der Waals surface area contributed by atoms with Crippen LogP contribution in [-0.4, -0.2) is 18.5 Å². The number of rotatable bonds is 3. The third kappa shape index (κ3) is 6.37. The lowest BCUT2D eigenvalue weighted by molar-refractivity contribution is 1.16. The van der Waals surface area contributed by atoms with Gasteiger partial charge in [-0.05, 0) is 13.1 Å². The molecule has 42 valence electrons. The summed E-state index contributed by atoms with van der Waals surface area (Å²) >= 11 is 3.94. The maximum absolute atomic E-state index is 3.97. The van der Waals surface area contributed by atoms with E-state index in [0.717, 1.165) is 12.3 Å². The van der Waals surface area contributed by atoms with E-state index in [1.54, 1.807) is 0 Å². The Balaban J connectivity index is 2.69. The quantitative estimate of drug-likeness (QED) is 0.269. The number of aliphatic imine (C=N–C) groups is 1. The van der Waals surface area contributed by atoms with Gasteiger partial charge < -0.3 is 0 Å². The summed E-state index contributed by atoms with van der Waals surface area (Å²) in [6.07, 6.45) is 1.81. The van der Waals surface area contributed by atoms with Crippen molar-refractivity contribution in [1.29, 1.82) is 0 Å². The van der Waals surface area contributed by atoms with Crippen molar-refractivity contribution in [3.63, 3.8) is 0 Å². The topological polar surface area (TPSA) is 12.4 Å². The lowest BCUT2D eigenvalue weighted by Crippen LogP contribution is -1.79. The lowest BCUT2D eigenvalue weighted by Gasteiger charge is -1.83. The first-order valence-corrected chi connectivity index (χ1v) is 4.16. The highest BCUT2D eigenvalue weighted by Crippen LogP contribution is 2.02. The maximum Gasteiger partial charge on any atom is 0.0484 e. The molecule has 7 heavy (non-hydrogen) atoms. The fraction of sp³-hybridized carbons (Fsp3) is 0.750. The first kappa shape index (κ1) is 7.37. The van der Waals surface area contributed by atoms with Gasteiger partial charge in [-0.3, -0.25) is 4.99 Å². The summed E-state index contributed by atoms with van der Waals surface area (Å²) in [5.74, 6) is 1.01. The molecule has 0 radical (unpaired) electrons. The Bertz CT molecular complexity index is 53.7. The van der Waals surface area contributed by atoms with Crippen LogP contribution in [0.4, 0.5) is 0 Å². The molecule has 0 fully saturated rings. The van der Waals surface area contributed by atoms with Gasteiger partial charge in [-0.2, -0.15) is 0 Å². The first-order valence-electron chi connectivity index (χ1n) is 2.12. The predicted octanol–water partition coefficient (Wildman–Crippen LogP) is 1.66. The van der Waals surface area contributed by atoms with Crippen molar-refractivity contribution < 1.29 is 0 Å². The standard InChI is InChI=1S/C4H9NS2/c1-2-5-3-4-7-6/h2,6H,3-4H2,1H3/b5-2+. The molecule has 1 nitrogen and oxygen atoms in total. The van der Waals surface area contributed by atoms with Crippen LogP contribution in [-0.2, 0) is 0 Å². The van der Waals surface area contributed by atoms with Crippen LogP contribution in [0.1, 0.15) is 6.92 Å². The molecule has 0 heterocycles. The van der Waals surface area contributed by atoms with Gasteiger partial charge in [0.15, 0.2) is 0 Å². The lowest BCUT2D eigenvalue weighted by atomic mass is 10.7. The average Bonchev–Trinajstić information content (AvgIpc) is 1.69. The largest absolute Gasteiger partial charge is 0.297 e. The van der Waals surface area contributed by atoms with E-state index in [4.69, 9.17) is 0 Å². The Morgan fingerprint density at radius 1 is 1.86 bits per heavy atom. The zero-order valence-electron chi connectivity index (χ0n) is 4.29. The second kappa shape index (κ2) is 6.37. The highest BCUT2D eigenvalue weighted by Gasteiger charge is 1.74. The van der Waals surface area contributed by atoms with Crippen LogP contribution in [0.2, 0.25) is 0 Å². The van der Waals surface area contributed by atoms with E-state index < -0.39 is 0 Å². The van der Waals surface area contributed by atoms with Gasteiger partial charge in [0.25, 0.3) is 0 Å². The van der Waals surface area contributed by atoms with Crippen LogP contribution in [0.5, 0.6) is 0 Å². The van der Waals surface area contributed by atoms with Crippen molar-refractivity contribution in [1.82, 2.24) is 0 Å². The van der Waals surface area contributed by atoms with Gasteiger partial charge in [0.1, 0.15) is 0 Å². The summed E-state index contributed by atoms with van der Waals surface area (Å²) < 4.78 is 0. The number of thiol groups is 1. The molecule has 0 aliphatic heterocycles. The van der Waals surface area contributed by atoms with Gasteiger partial charge >= 0.3 is 0 Å². The van der Waals surface area contributed by atoms with Gasteiger partial charge in [0.05, 0.1) is 0 Å². The van der Waals surface area contributed by atoms with Crippen molar-refractivity contribution >= 4 is 28.7 Å². The van der Waals surface area contributed by atoms with Crippen LogP contribution in [0.15, 0.2) is 4.99 Å². The fourth-order valence-corrected chi connectivity index (χ4v) is 0.655. The molecule has 3 heteroatoms. The highest BCUT2D eigenvalue weighted by molar-refractivity contribution is 8.68. The van der Waals surface area contributed by atoms with Crippen molar-refractivity contribution in [2.45, 2.75) is 6.92 Å².